The van der Waals surface area contributed by atoms with Crippen molar-refractivity contribution in [2.45, 2.75) is 11.8 Å². The van der Waals surface area contributed by atoms with Crippen LogP contribution in [0.4, 0.5) is 0 Å². The van der Waals surface area contributed by atoms with Gasteiger partial charge in [-0.05, 0) is 35.0 Å². The molecule has 1 aromatic rings. The van der Waals surface area contributed by atoms with Crippen molar-refractivity contribution in [1.29, 1.82) is 0 Å². The molecule has 20 heavy (non-hydrogen) atoms. The SMILES string of the molecule is CCOCCNC(=O)c1cc(S(N)(=O)=O)c(Br)cc1Cl. The molecule has 3 N–H and O–H groups in total. The predicted molar refractivity (Wildman–Crippen MR) is 79.4 cm³/mol. The number of carbonyl (C=O) groups is 1. The molecule has 0 atom stereocenters. The van der Waals surface area contributed by atoms with Crippen LogP contribution in [0.1, 0.15) is 17.3 Å². The molecule has 0 aliphatic carbocycles. The first kappa shape index (κ1) is 17.4. The second-order valence-corrected chi connectivity index (χ2v) is 6.55. The number of hydrogen-bond donors (Lipinski definition) is 2. The molecular formula is C11H14BrClN2O4S. The van der Waals surface area contributed by atoms with E-state index in [9.17, 15) is 13.2 Å². The molecule has 1 aromatic carbocycles. The lowest BCUT2D eigenvalue weighted by molar-refractivity contribution is 0.0922. The molecule has 1 amide bonds. The van der Waals surface area contributed by atoms with Gasteiger partial charge >= 0.3 is 0 Å². The zero-order valence-corrected chi connectivity index (χ0v) is 13.8. The van der Waals surface area contributed by atoms with Gasteiger partial charge in [0.05, 0.1) is 22.1 Å². The summed E-state index contributed by atoms with van der Waals surface area (Å²) < 4.78 is 28.1. The summed E-state index contributed by atoms with van der Waals surface area (Å²) >= 11 is 8.97. The van der Waals surface area contributed by atoms with Crippen LogP contribution in [0, 0.1) is 0 Å². The van der Waals surface area contributed by atoms with Gasteiger partial charge in [-0.2, -0.15) is 0 Å². The first-order valence-electron chi connectivity index (χ1n) is 5.65. The summed E-state index contributed by atoms with van der Waals surface area (Å²) in [4.78, 5) is 11.7. The molecule has 0 fully saturated rings. The lowest BCUT2D eigenvalue weighted by Gasteiger charge is -2.09. The topological polar surface area (TPSA) is 98.5 Å². The summed E-state index contributed by atoms with van der Waals surface area (Å²) in [7, 11) is -3.95. The van der Waals surface area contributed by atoms with Gasteiger partial charge in [-0.25, -0.2) is 13.6 Å². The molecule has 112 valence electrons. The van der Waals surface area contributed by atoms with E-state index >= 15 is 0 Å². The van der Waals surface area contributed by atoms with Crippen molar-refractivity contribution in [3.63, 3.8) is 0 Å². The Balaban J connectivity index is 2.98. The van der Waals surface area contributed by atoms with Crippen LogP contribution in [0.25, 0.3) is 0 Å². The number of ether oxygens (including phenoxy) is 1. The van der Waals surface area contributed by atoms with Gasteiger partial charge in [-0.1, -0.05) is 11.6 Å². The number of carbonyl (C=O) groups excluding carboxylic acids is 1. The molecule has 0 radical (unpaired) electrons. The number of sulfonamides is 1. The summed E-state index contributed by atoms with van der Waals surface area (Å²) in [6.45, 7) is 3.04. The minimum absolute atomic E-state index is 0.0374. The van der Waals surface area contributed by atoms with Crippen molar-refractivity contribution < 1.29 is 17.9 Å². The number of halogens is 2. The van der Waals surface area contributed by atoms with Crippen LogP contribution < -0.4 is 10.5 Å². The van der Waals surface area contributed by atoms with Crippen LogP contribution in [-0.2, 0) is 14.8 Å². The van der Waals surface area contributed by atoms with Crippen molar-refractivity contribution in [1.82, 2.24) is 5.32 Å². The molecule has 9 heteroatoms. The van der Waals surface area contributed by atoms with Crippen molar-refractivity contribution in [3.05, 3.63) is 27.2 Å². The van der Waals surface area contributed by atoms with Gasteiger partial charge in [0.15, 0.2) is 0 Å². The first-order valence-corrected chi connectivity index (χ1v) is 8.37. The smallest absolute Gasteiger partial charge is 0.252 e. The average Bonchev–Trinajstić information content (AvgIpc) is 2.32. The third kappa shape index (κ3) is 4.71. The van der Waals surface area contributed by atoms with Gasteiger partial charge < -0.3 is 10.1 Å². The highest BCUT2D eigenvalue weighted by atomic mass is 79.9. The Hall–Kier alpha value is -0.670. The van der Waals surface area contributed by atoms with Gasteiger partial charge in [0.2, 0.25) is 10.0 Å². The van der Waals surface area contributed by atoms with Gasteiger partial charge in [0.1, 0.15) is 0 Å². The molecule has 0 aromatic heterocycles. The normalized spacial score (nSPS) is 11.4. The standard InChI is InChI=1S/C11H14BrClN2O4S/c1-2-19-4-3-15-11(16)7-5-10(20(14,17)18)8(12)6-9(7)13/h5-6H,2-4H2,1H3,(H,15,16)(H2,14,17,18). The van der Waals surface area contributed by atoms with Crippen LogP contribution in [0.3, 0.4) is 0 Å². The van der Waals surface area contributed by atoms with Crippen LogP contribution in [0.2, 0.25) is 5.02 Å². The highest BCUT2D eigenvalue weighted by Crippen LogP contribution is 2.28. The summed E-state index contributed by atoms with van der Waals surface area (Å²) in [6, 6.07) is 2.45. The third-order valence-electron chi connectivity index (χ3n) is 2.31. The summed E-state index contributed by atoms with van der Waals surface area (Å²) in [5, 5.41) is 7.76. The Kier molecular flexibility index (Phi) is 6.41. The molecule has 0 unspecified atom stereocenters. The Labute approximate surface area is 130 Å². The Morgan fingerprint density at radius 3 is 2.70 bits per heavy atom. The number of rotatable bonds is 6. The molecule has 1 rings (SSSR count). The predicted octanol–water partition coefficient (Wildman–Crippen LogP) is 1.52. The maximum Gasteiger partial charge on any atom is 0.252 e. The Bertz CT molecular complexity index is 607. The van der Waals surface area contributed by atoms with E-state index in [2.05, 4.69) is 21.2 Å². The highest BCUT2D eigenvalue weighted by molar-refractivity contribution is 9.10. The quantitative estimate of drug-likeness (QED) is 0.725. The Morgan fingerprint density at radius 1 is 1.50 bits per heavy atom. The van der Waals surface area contributed by atoms with Crippen LogP contribution in [0.5, 0.6) is 0 Å². The number of nitrogens with one attached hydrogen (secondary N) is 1. The number of amides is 1. The fourth-order valence-electron chi connectivity index (χ4n) is 1.40. The van der Waals surface area contributed by atoms with E-state index in [1.165, 1.54) is 6.07 Å². The molecular weight excluding hydrogens is 372 g/mol. The second kappa shape index (κ2) is 7.37. The molecule has 0 saturated carbocycles. The average molecular weight is 386 g/mol. The zero-order chi connectivity index (χ0) is 15.3. The van der Waals surface area contributed by atoms with E-state index in [0.717, 1.165) is 6.07 Å². The second-order valence-electron chi connectivity index (χ2n) is 3.76. The fraction of sp³-hybridized carbons (Fsp3) is 0.364. The molecule has 0 bridgehead atoms. The largest absolute Gasteiger partial charge is 0.380 e. The molecule has 0 saturated heterocycles. The van der Waals surface area contributed by atoms with Crippen molar-refractivity contribution >= 4 is 43.5 Å². The van der Waals surface area contributed by atoms with Gasteiger partial charge in [-0.15, -0.1) is 0 Å². The van der Waals surface area contributed by atoms with Crippen LogP contribution >= 0.6 is 27.5 Å². The minimum atomic E-state index is -3.95. The maximum atomic E-state index is 11.9. The molecule has 0 aliphatic rings. The zero-order valence-electron chi connectivity index (χ0n) is 10.7. The molecule has 6 nitrogen and oxygen atoms in total. The number of benzene rings is 1. The van der Waals surface area contributed by atoms with E-state index in [-0.39, 0.29) is 20.0 Å². The highest BCUT2D eigenvalue weighted by Gasteiger charge is 2.19. The summed E-state index contributed by atoms with van der Waals surface area (Å²) in [6.07, 6.45) is 0. The van der Waals surface area contributed by atoms with E-state index in [1.54, 1.807) is 0 Å². The van der Waals surface area contributed by atoms with E-state index in [4.69, 9.17) is 21.5 Å². The van der Waals surface area contributed by atoms with E-state index < -0.39 is 15.9 Å². The van der Waals surface area contributed by atoms with Crippen LogP contribution in [0.15, 0.2) is 21.5 Å². The molecule has 0 aliphatic heterocycles. The van der Waals surface area contributed by atoms with Crippen molar-refractivity contribution in [2.24, 2.45) is 5.14 Å². The summed E-state index contributed by atoms with van der Waals surface area (Å²) in [5.74, 6) is -0.493. The number of hydrogen-bond acceptors (Lipinski definition) is 4. The molecule has 0 heterocycles. The minimum Gasteiger partial charge on any atom is -0.380 e. The lowest BCUT2D eigenvalue weighted by Crippen LogP contribution is -2.28. The molecule has 0 spiro atoms. The van der Waals surface area contributed by atoms with Gasteiger partial charge in [-0.3, -0.25) is 4.79 Å². The third-order valence-corrected chi connectivity index (χ3v) is 4.49. The Morgan fingerprint density at radius 2 is 2.15 bits per heavy atom. The van der Waals surface area contributed by atoms with Crippen molar-refractivity contribution in [2.75, 3.05) is 19.8 Å². The van der Waals surface area contributed by atoms with Gasteiger partial charge in [0, 0.05) is 17.6 Å². The first-order chi connectivity index (χ1) is 9.27. The monoisotopic (exact) mass is 384 g/mol. The number of primary sulfonamides is 1. The summed E-state index contributed by atoms with van der Waals surface area (Å²) in [5.41, 5.74) is 0.0374. The van der Waals surface area contributed by atoms with E-state index in [0.29, 0.717) is 19.8 Å². The lowest BCUT2D eigenvalue weighted by atomic mass is 10.2. The van der Waals surface area contributed by atoms with Gasteiger partial charge in [0.25, 0.3) is 5.91 Å². The number of nitrogens with two attached hydrogens (primary N) is 1. The van der Waals surface area contributed by atoms with Crippen molar-refractivity contribution in [3.8, 4) is 0 Å². The maximum absolute atomic E-state index is 11.9. The van der Waals surface area contributed by atoms with E-state index in [1.807, 2.05) is 6.92 Å². The fourth-order valence-corrected chi connectivity index (χ4v) is 3.41. The van der Waals surface area contributed by atoms with Crippen LogP contribution in [-0.4, -0.2) is 34.1 Å².